The lowest BCUT2D eigenvalue weighted by atomic mass is 10.0. The predicted octanol–water partition coefficient (Wildman–Crippen LogP) is 3.79. The molecule has 4 aromatic rings. The van der Waals surface area contributed by atoms with Crippen LogP contribution < -0.4 is 5.19 Å². The van der Waals surface area contributed by atoms with Gasteiger partial charge in [-0.15, -0.1) is 0 Å². The summed E-state index contributed by atoms with van der Waals surface area (Å²) in [7, 11) is -0.442. The second kappa shape index (κ2) is 7.98. The molecule has 1 aromatic heterocycles. The number of benzene rings is 3. The molecule has 0 amide bonds. The van der Waals surface area contributed by atoms with Gasteiger partial charge in [-0.05, 0) is 22.2 Å². The van der Waals surface area contributed by atoms with Crippen molar-refractivity contribution >= 4 is 14.7 Å². The van der Waals surface area contributed by atoms with Crippen molar-refractivity contribution in [3.8, 4) is 11.1 Å². The van der Waals surface area contributed by atoms with Crippen molar-refractivity contribution in [2.45, 2.75) is 12.1 Å². The number of nitrogens with zero attached hydrogens (tertiary/aromatic N) is 2. The lowest BCUT2D eigenvalue weighted by molar-refractivity contribution is 0.673. The van der Waals surface area contributed by atoms with E-state index in [-0.39, 0.29) is 0 Å². The minimum atomic E-state index is -0.442. The first kappa shape index (κ1) is 16.5. The molecule has 0 spiro atoms. The number of hydrogen-bond donors (Lipinski definition) is 0. The van der Waals surface area contributed by atoms with Crippen LogP contribution >= 0.6 is 0 Å². The van der Waals surface area contributed by atoms with Crippen LogP contribution in [0.1, 0.15) is 11.1 Å². The first-order valence-electron chi connectivity index (χ1n) is 9.03. The third kappa shape index (κ3) is 4.01. The largest absolute Gasteiger partial charge is 0.337 e. The van der Waals surface area contributed by atoms with Crippen LogP contribution in [0.15, 0.2) is 104 Å². The Morgan fingerprint density at radius 3 is 2.08 bits per heavy atom. The van der Waals surface area contributed by atoms with Crippen LogP contribution in [0.4, 0.5) is 0 Å². The maximum absolute atomic E-state index is 4.21. The van der Waals surface area contributed by atoms with Crippen molar-refractivity contribution in [3.63, 3.8) is 0 Å². The van der Waals surface area contributed by atoms with E-state index in [9.17, 15) is 0 Å². The summed E-state index contributed by atoms with van der Waals surface area (Å²) in [6.45, 7) is 0.992. The quantitative estimate of drug-likeness (QED) is 0.482. The van der Waals surface area contributed by atoms with Gasteiger partial charge in [0.05, 0.1) is 15.8 Å². The van der Waals surface area contributed by atoms with Crippen LogP contribution in [0.25, 0.3) is 11.1 Å². The van der Waals surface area contributed by atoms with Gasteiger partial charge in [0.25, 0.3) is 0 Å². The Kier molecular flexibility index (Phi) is 5.08. The van der Waals surface area contributed by atoms with Crippen LogP contribution in [0, 0.1) is 0 Å². The van der Waals surface area contributed by atoms with Gasteiger partial charge in [-0.25, -0.2) is 4.98 Å². The highest BCUT2D eigenvalue weighted by Gasteiger charge is 2.14. The molecule has 0 saturated heterocycles. The molecule has 2 nitrogen and oxygen atoms in total. The normalized spacial score (nSPS) is 12.5. The smallest absolute Gasteiger partial charge is 0.0945 e. The average Bonchev–Trinajstić information content (AvgIpc) is 3.22. The van der Waals surface area contributed by atoms with Crippen LogP contribution in [0.5, 0.6) is 0 Å². The Hall–Kier alpha value is -2.91. The number of hydrogen-bond acceptors (Lipinski definition) is 1. The van der Waals surface area contributed by atoms with E-state index >= 15 is 0 Å². The van der Waals surface area contributed by atoms with E-state index < -0.39 is 9.52 Å². The van der Waals surface area contributed by atoms with Gasteiger partial charge < -0.3 is 4.57 Å². The minimum Gasteiger partial charge on any atom is -0.337 e. The summed E-state index contributed by atoms with van der Waals surface area (Å²) in [5.74, 6) is 0. The number of rotatable bonds is 6. The molecule has 26 heavy (non-hydrogen) atoms. The molecule has 0 aliphatic rings. The van der Waals surface area contributed by atoms with E-state index in [1.54, 1.807) is 0 Å². The number of aromatic nitrogens is 2. The Bertz CT molecular complexity index is 917. The summed E-state index contributed by atoms with van der Waals surface area (Å²) in [6, 6.07) is 30.6. The average molecular weight is 355 g/mol. The highest BCUT2D eigenvalue weighted by Crippen LogP contribution is 2.23. The first-order valence-corrected chi connectivity index (χ1v) is 10.6. The molecule has 4 rings (SSSR count). The van der Waals surface area contributed by atoms with Crippen LogP contribution in [-0.4, -0.2) is 19.1 Å². The zero-order valence-corrected chi connectivity index (χ0v) is 16.1. The molecule has 0 saturated carbocycles. The summed E-state index contributed by atoms with van der Waals surface area (Å²) >= 11 is 0. The Labute approximate surface area is 157 Å². The van der Waals surface area contributed by atoms with Crippen molar-refractivity contribution < 1.29 is 0 Å². The van der Waals surface area contributed by atoms with Gasteiger partial charge in [-0.1, -0.05) is 90.1 Å². The van der Waals surface area contributed by atoms with Crippen LogP contribution in [0.3, 0.4) is 0 Å². The fourth-order valence-corrected chi connectivity index (χ4v) is 5.46. The molecule has 3 aromatic carbocycles. The summed E-state index contributed by atoms with van der Waals surface area (Å²) in [4.78, 5) is 4.21. The highest BCUT2D eigenvalue weighted by atomic mass is 28.2. The molecule has 0 fully saturated rings. The summed E-state index contributed by atoms with van der Waals surface area (Å²) in [6.07, 6.45) is 5.84. The third-order valence-electron chi connectivity index (χ3n) is 4.80. The summed E-state index contributed by atoms with van der Waals surface area (Å²) < 4.78 is 2.20. The van der Waals surface area contributed by atoms with E-state index in [0.29, 0.717) is 5.54 Å². The van der Waals surface area contributed by atoms with E-state index in [1.807, 2.05) is 12.5 Å². The molecule has 1 heterocycles. The first-order chi connectivity index (χ1) is 12.9. The van der Waals surface area contributed by atoms with Gasteiger partial charge in [0.2, 0.25) is 0 Å². The van der Waals surface area contributed by atoms with Crippen LogP contribution in [-0.2, 0) is 6.54 Å². The molecule has 0 bridgehead atoms. The predicted molar refractivity (Wildman–Crippen MR) is 111 cm³/mol. The molecule has 128 valence electrons. The maximum atomic E-state index is 4.21. The molecule has 0 N–H and O–H groups in total. The molecule has 1 atom stereocenters. The topological polar surface area (TPSA) is 17.8 Å². The van der Waals surface area contributed by atoms with Gasteiger partial charge >= 0.3 is 0 Å². The van der Waals surface area contributed by atoms with Crippen LogP contribution in [0.2, 0.25) is 0 Å². The van der Waals surface area contributed by atoms with Crippen molar-refractivity contribution in [2.75, 3.05) is 0 Å². The van der Waals surface area contributed by atoms with E-state index in [0.717, 1.165) is 6.54 Å². The molecule has 3 heteroatoms. The lowest BCUT2D eigenvalue weighted by Crippen LogP contribution is -2.25. The van der Waals surface area contributed by atoms with Gasteiger partial charge in [0, 0.05) is 18.9 Å². The molecule has 0 aliphatic carbocycles. The SMILES string of the molecule is c1ccc([SiH2]C(Cn2ccnc2)c2ccc(-c3ccccc3)cc2)cc1. The zero-order chi connectivity index (χ0) is 17.6. The fourth-order valence-electron chi connectivity index (χ4n) is 3.41. The monoisotopic (exact) mass is 354 g/mol. The molecule has 0 aliphatic heterocycles. The Morgan fingerprint density at radius 2 is 1.42 bits per heavy atom. The van der Waals surface area contributed by atoms with Crippen molar-refractivity contribution in [1.29, 1.82) is 0 Å². The van der Waals surface area contributed by atoms with Crippen molar-refractivity contribution in [2.24, 2.45) is 0 Å². The maximum Gasteiger partial charge on any atom is 0.0945 e. The van der Waals surface area contributed by atoms with E-state index in [1.165, 1.54) is 21.9 Å². The van der Waals surface area contributed by atoms with Crippen molar-refractivity contribution in [1.82, 2.24) is 9.55 Å². The number of imidazole rings is 1. The van der Waals surface area contributed by atoms with Gasteiger partial charge in [0.1, 0.15) is 0 Å². The zero-order valence-electron chi connectivity index (χ0n) is 14.7. The molecular weight excluding hydrogens is 332 g/mol. The Balaban J connectivity index is 1.60. The fraction of sp³-hybridized carbons (Fsp3) is 0.0870. The van der Waals surface area contributed by atoms with E-state index in [2.05, 4.69) is 101 Å². The Morgan fingerprint density at radius 1 is 0.769 bits per heavy atom. The highest BCUT2D eigenvalue weighted by molar-refractivity contribution is 6.55. The lowest BCUT2D eigenvalue weighted by Gasteiger charge is -2.18. The second-order valence-electron chi connectivity index (χ2n) is 6.63. The third-order valence-corrected chi connectivity index (χ3v) is 6.97. The minimum absolute atomic E-state index is 0.442. The summed E-state index contributed by atoms with van der Waals surface area (Å²) in [5.41, 5.74) is 4.52. The van der Waals surface area contributed by atoms with Gasteiger partial charge in [-0.2, -0.15) is 0 Å². The van der Waals surface area contributed by atoms with E-state index in [4.69, 9.17) is 0 Å². The molecule has 0 radical (unpaired) electrons. The van der Waals surface area contributed by atoms with Crippen molar-refractivity contribution in [3.05, 3.63) is 109 Å². The molecule has 1 unspecified atom stereocenters. The standard InChI is InChI=1S/C23H22N2Si/c1-3-7-19(8-4-1)20-11-13-21(14-12-20)23(17-25-16-15-24-18-25)26-22-9-5-2-6-10-22/h1-16,18,23H,17,26H2. The second-order valence-corrected chi connectivity index (χ2v) is 8.84. The van der Waals surface area contributed by atoms with Gasteiger partial charge in [-0.3, -0.25) is 0 Å². The molecular formula is C23H22N2Si. The summed E-state index contributed by atoms with van der Waals surface area (Å²) in [5, 5.41) is 1.50. The van der Waals surface area contributed by atoms with Gasteiger partial charge in [0.15, 0.2) is 0 Å².